The summed E-state index contributed by atoms with van der Waals surface area (Å²) in [5.41, 5.74) is 1.17. The topological polar surface area (TPSA) is 24.9 Å². The molecule has 0 aliphatic heterocycles. The van der Waals surface area contributed by atoms with Crippen molar-refractivity contribution < 1.29 is 0 Å². The third-order valence-corrected chi connectivity index (χ3v) is 3.66. The molecule has 0 radical (unpaired) electrons. The van der Waals surface area contributed by atoms with Crippen LogP contribution in [0.2, 0.25) is 0 Å². The Balaban J connectivity index is 2.70. The van der Waals surface area contributed by atoms with E-state index >= 15 is 0 Å². The first-order valence-electron chi connectivity index (χ1n) is 4.01. The van der Waals surface area contributed by atoms with E-state index in [-0.39, 0.29) is 0 Å². The number of aryl methyl sites for hydroxylation is 1. The van der Waals surface area contributed by atoms with Crippen molar-refractivity contribution in [3.05, 3.63) is 10.6 Å². The molecule has 0 fully saturated rings. The minimum absolute atomic E-state index is 0.938. The van der Waals surface area contributed by atoms with Gasteiger partial charge in [-0.05, 0) is 19.7 Å². The maximum Gasteiger partial charge on any atom is 0.150 e. The fourth-order valence-electron chi connectivity index (χ4n) is 0.911. The van der Waals surface area contributed by atoms with Crippen LogP contribution in [-0.2, 0) is 6.54 Å². The summed E-state index contributed by atoms with van der Waals surface area (Å²) in [5.74, 6) is 1.10. The van der Waals surface area contributed by atoms with Crippen molar-refractivity contribution in [3.8, 4) is 0 Å². The Labute approximate surface area is 81.8 Å². The predicted octanol–water partition coefficient (Wildman–Crippen LogP) is 2.28. The molecule has 1 aromatic rings. The van der Waals surface area contributed by atoms with Crippen LogP contribution in [-0.4, -0.2) is 17.8 Å². The second-order valence-electron chi connectivity index (χ2n) is 2.45. The molecule has 0 aromatic carbocycles. The summed E-state index contributed by atoms with van der Waals surface area (Å²) < 4.78 is 1.19. The van der Waals surface area contributed by atoms with Crippen molar-refractivity contribution in [2.75, 3.05) is 12.8 Å². The monoisotopic (exact) mass is 202 g/mol. The van der Waals surface area contributed by atoms with Crippen molar-refractivity contribution in [2.45, 2.75) is 24.7 Å². The van der Waals surface area contributed by atoms with Crippen LogP contribution in [0, 0.1) is 6.92 Å². The molecule has 1 N–H and O–H groups in total. The second kappa shape index (κ2) is 4.84. The molecule has 0 saturated heterocycles. The number of nitrogens with zero attached hydrogens (tertiary/aromatic N) is 1. The van der Waals surface area contributed by atoms with E-state index in [1.54, 1.807) is 11.3 Å². The van der Waals surface area contributed by atoms with Gasteiger partial charge >= 0.3 is 0 Å². The molecule has 1 rings (SSSR count). The Bertz CT molecular complexity index is 245. The average Bonchev–Trinajstić information content (AvgIpc) is 2.34. The molecule has 4 heteroatoms. The van der Waals surface area contributed by atoms with Crippen molar-refractivity contribution in [1.82, 2.24) is 10.3 Å². The van der Waals surface area contributed by atoms with Crippen molar-refractivity contribution >= 4 is 23.1 Å². The van der Waals surface area contributed by atoms with Crippen LogP contribution in [0.25, 0.3) is 0 Å². The smallest absolute Gasteiger partial charge is 0.150 e. The summed E-state index contributed by atoms with van der Waals surface area (Å²) in [6.45, 7) is 5.16. The van der Waals surface area contributed by atoms with Gasteiger partial charge in [0, 0.05) is 11.4 Å². The molecule has 0 aliphatic rings. The third-order valence-electron chi connectivity index (χ3n) is 1.48. The van der Waals surface area contributed by atoms with Crippen LogP contribution in [0.5, 0.6) is 0 Å². The molecule has 1 aromatic heterocycles. The molecule has 0 aliphatic carbocycles. The largest absolute Gasteiger partial charge is 0.315 e. The van der Waals surface area contributed by atoms with Gasteiger partial charge in [-0.1, -0.05) is 18.7 Å². The van der Waals surface area contributed by atoms with Crippen LogP contribution in [0.3, 0.4) is 0 Å². The summed E-state index contributed by atoms with van der Waals surface area (Å²) in [6.07, 6.45) is 0. The maximum atomic E-state index is 4.46. The van der Waals surface area contributed by atoms with Gasteiger partial charge in [-0.25, -0.2) is 4.98 Å². The number of thioether (sulfide) groups is 1. The highest BCUT2D eigenvalue weighted by molar-refractivity contribution is 8.01. The molecule has 0 spiro atoms. The highest BCUT2D eigenvalue weighted by atomic mass is 32.2. The van der Waals surface area contributed by atoms with Gasteiger partial charge < -0.3 is 5.32 Å². The van der Waals surface area contributed by atoms with Gasteiger partial charge in [0.2, 0.25) is 0 Å². The molecule has 12 heavy (non-hydrogen) atoms. The Morgan fingerprint density at radius 2 is 2.33 bits per heavy atom. The molecule has 1 heterocycles. The summed E-state index contributed by atoms with van der Waals surface area (Å²) in [4.78, 5) is 5.82. The molecular weight excluding hydrogens is 188 g/mol. The summed E-state index contributed by atoms with van der Waals surface area (Å²) in [6, 6.07) is 0. The zero-order valence-corrected chi connectivity index (χ0v) is 9.31. The zero-order chi connectivity index (χ0) is 8.97. The average molecular weight is 202 g/mol. The lowest BCUT2D eigenvalue weighted by atomic mass is 10.4. The van der Waals surface area contributed by atoms with Crippen LogP contribution in [0.15, 0.2) is 4.34 Å². The number of nitrogens with one attached hydrogen (secondary N) is 1. The fraction of sp³-hybridized carbons (Fsp3) is 0.625. The van der Waals surface area contributed by atoms with E-state index in [0.29, 0.717) is 0 Å². The molecular formula is C8H14N2S2. The number of aromatic nitrogens is 1. The van der Waals surface area contributed by atoms with E-state index in [0.717, 1.165) is 12.3 Å². The first kappa shape index (κ1) is 10.0. The molecule has 68 valence electrons. The van der Waals surface area contributed by atoms with E-state index in [1.807, 2.05) is 18.8 Å². The normalized spacial score (nSPS) is 10.6. The minimum Gasteiger partial charge on any atom is -0.315 e. The van der Waals surface area contributed by atoms with E-state index in [9.17, 15) is 0 Å². The molecule has 0 saturated carbocycles. The van der Waals surface area contributed by atoms with Gasteiger partial charge in [-0.15, -0.1) is 11.3 Å². The highest BCUT2D eigenvalue weighted by Gasteiger charge is 2.05. The quantitative estimate of drug-likeness (QED) is 0.758. The SMILES string of the molecule is CCSc1nc(C)c(CNC)s1. The first-order valence-corrected chi connectivity index (χ1v) is 5.81. The maximum absolute atomic E-state index is 4.46. The minimum atomic E-state index is 0.938. The molecule has 0 amide bonds. The van der Waals surface area contributed by atoms with Crippen molar-refractivity contribution in [3.63, 3.8) is 0 Å². The van der Waals surface area contributed by atoms with Gasteiger partial charge in [0.05, 0.1) is 5.69 Å². The second-order valence-corrected chi connectivity index (χ2v) is 5.05. The molecule has 2 nitrogen and oxygen atoms in total. The summed E-state index contributed by atoms with van der Waals surface area (Å²) >= 11 is 3.61. The number of hydrogen-bond donors (Lipinski definition) is 1. The number of thiazole rings is 1. The van der Waals surface area contributed by atoms with Crippen LogP contribution in [0.1, 0.15) is 17.5 Å². The fourth-order valence-corrected chi connectivity index (χ4v) is 3.05. The van der Waals surface area contributed by atoms with E-state index in [4.69, 9.17) is 0 Å². The Hall–Kier alpha value is -0.0600. The van der Waals surface area contributed by atoms with E-state index in [1.165, 1.54) is 14.9 Å². The van der Waals surface area contributed by atoms with Gasteiger partial charge in [0.15, 0.2) is 0 Å². The van der Waals surface area contributed by atoms with Gasteiger partial charge in [0.1, 0.15) is 4.34 Å². The van der Waals surface area contributed by atoms with Gasteiger partial charge in [0.25, 0.3) is 0 Å². The number of rotatable bonds is 4. The highest BCUT2D eigenvalue weighted by Crippen LogP contribution is 2.26. The Morgan fingerprint density at radius 3 is 2.92 bits per heavy atom. The van der Waals surface area contributed by atoms with Crippen molar-refractivity contribution in [1.29, 1.82) is 0 Å². The predicted molar refractivity (Wildman–Crippen MR) is 56.0 cm³/mol. The molecule has 0 bridgehead atoms. The standard InChI is InChI=1S/C8H14N2S2/c1-4-11-8-10-6(2)7(12-8)5-9-3/h9H,4-5H2,1-3H3. The molecule has 0 atom stereocenters. The summed E-state index contributed by atoms with van der Waals surface area (Å²) in [5, 5.41) is 3.14. The third kappa shape index (κ3) is 2.47. The Morgan fingerprint density at radius 1 is 1.58 bits per heavy atom. The first-order chi connectivity index (χ1) is 5.77. The van der Waals surface area contributed by atoms with E-state index in [2.05, 4.69) is 24.1 Å². The lowest BCUT2D eigenvalue weighted by Gasteiger charge is -1.93. The summed E-state index contributed by atoms with van der Waals surface area (Å²) in [7, 11) is 1.96. The Kier molecular flexibility index (Phi) is 4.05. The number of hydrogen-bond acceptors (Lipinski definition) is 4. The zero-order valence-electron chi connectivity index (χ0n) is 7.68. The van der Waals surface area contributed by atoms with Gasteiger partial charge in [-0.2, -0.15) is 0 Å². The van der Waals surface area contributed by atoms with Crippen LogP contribution >= 0.6 is 23.1 Å². The van der Waals surface area contributed by atoms with Crippen LogP contribution in [0.4, 0.5) is 0 Å². The van der Waals surface area contributed by atoms with Crippen molar-refractivity contribution in [2.24, 2.45) is 0 Å². The van der Waals surface area contributed by atoms with Crippen LogP contribution < -0.4 is 5.32 Å². The lowest BCUT2D eigenvalue weighted by molar-refractivity contribution is 0.822. The molecule has 0 unspecified atom stereocenters. The van der Waals surface area contributed by atoms with E-state index < -0.39 is 0 Å². The van der Waals surface area contributed by atoms with Gasteiger partial charge in [-0.3, -0.25) is 0 Å². The lowest BCUT2D eigenvalue weighted by Crippen LogP contribution is -2.04.